The van der Waals surface area contributed by atoms with Gasteiger partial charge in [-0.05, 0) is 56.2 Å². The Balaban J connectivity index is 1.97. The van der Waals surface area contributed by atoms with Gasteiger partial charge in [0.1, 0.15) is 0 Å². The Morgan fingerprint density at radius 2 is 1.80 bits per heavy atom. The fourth-order valence-electron chi connectivity index (χ4n) is 3.21. The van der Waals surface area contributed by atoms with Crippen LogP contribution in [0.1, 0.15) is 50.7 Å². The largest absolute Gasteiger partial charge is 0.378 e. The van der Waals surface area contributed by atoms with E-state index in [1.165, 1.54) is 30.4 Å². The van der Waals surface area contributed by atoms with Gasteiger partial charge in [-0.25, -0.2) is 0 Å². The lowest BCUT2D eigenvalue weighted by molar-refractivity contribution is -0.0833. The minimum Gasteiger partial charge on any atom is -0.378 e. The van der Waals surface area contributed by atoms with Gasteiger partial charge in [0.25, 0.3) is 0 Å². The number of likely N-dealkylation sites (N-methyl/N-ethyl adjacent to an activating group) is 1. The lowest BCUT2D eigenvalue weighted by atomic mass is 9.75. The van der Waals surface area contributed by atoms with Gasteiger partial charge in [0.15, 0.2) is 0 Å². The minimum absolute atomic E-state index is 0.149. The van der Waals surface area contributed by atoms with Crippen LogP contribution in [0, 0.1) is 0 Å². The van der Waals surface area contributed by atoms with Crippen LogP contribution in [0.2, 0.25) is 0 Å². The van der Waals surface area contributed by atoms with Gasteiger partial charge in [-0.1, -0.05) is 38.1 Å². The van der Waals surface area contributed by atoms with Crippen molar-refractivity contribution in [3.8, 4) is 0 Å². The molecule has 1 aliphatic rings. The molecule has 1 unspecified atom stereocenters. The topological polar surface area (TPSA) is 21.3 Å². The summed E-state index contributed by atoms with van der Waals surface area (Å²) >= 11 is 0. The maximum absolute atomic E-state index is 5.78. The van der Waals surface area contributed by atoms with Crippen LogP contribution in [0.5, 0.6) is 0 Å². The molecule has 0 aliphatic heterocycles. The Morgan fingerprint density at radius 1 is 1.15 bits per heavy atom. The molecule has 0 aromatic heterocycles. The molecule has 0 amide bonds. The van der Waals surface area contributed by atoms with E-state index in [9.17, 15) is 0 Å². The number of aryl methyl sites for hydroxylation is 1. The van der Waals surface area contributed by atoms with Gasteiger partial charge < -0.3 is 10.1 Å². The zero-order valence-electron chi connectivity index (χ0n) is 13.2. The van der Waals surface area contributed by atoms with Crippen molar-refractivity contribution < 1.29 is 4.74 Å². The van der Waals surface area contributed by atoms with Gasteiger partial charge in [-0.2, -0.15) is 0 Å². The highest BCUT2D eigenvalue weighted by atomic mass is 16.5. The molecule has 112 valence electrons. The Bertz CT molecular complexity index is 389. The second kappa shape index (κ2) is 7.24. The van der Waals surface area contributed by atoms with Crippen molar-refractivity contribution in [1.82, 2.24) is 5.32 Å². The van der Waals surface area contributed by atoms with E-state index in [1.807, 2.05) is 7.11 Å². The second-order valence-corrected chi connectivity index (χ2v) is 6.07. The molecule has 0 radical (unpaired) electrons. The van der Waals surface area contributed by atoms with E-state index in [4.69, 9.17) is 4.74 Å². The van der Waals surface area contributed by atoms with Crippen LogP contribution < -0.4 is 5.32 Å². The first kappa shape index (κ1) is 15.5. The molecule has 1 N–H and O–H groups in total. The van der Waals surface area contributed by atoms with Crippen molar-refractivity contribution in [2.45, 2.75) is 64.0 Å². The minimum atomic E-state index is 0.149. The predicted molar refractivity (Wildman–Crippen MR) is 85.2 cm³/mol. The fourth-order valence-corrected chi connectivity index (χ4v) is 3.21. The van der Waals surface area contributed by atoms with Crippen molar-refractivity contribution in [2.24, 2.45) is 0 Å². The van der Waals surface area contributed by atoms with Crippen molar-refractivity contribution in [3.63, 3.8) is 0 Å². The Labute approximate surface area is 123 Å². The third-order valence-corrected chi connectivity index (χ3v) is 4.72. The summed E-state index contributed by atoms with van der Waals surface area (Å²) in [5.41, 5.74) is 3.00. The summed E-state index contributed by atoms with van der Waals surface area (Å²) in [7, 11) is 1.87. The molecule has 2 rings (SSSR count). The molecule has 1 fully saturated rings. The van der Waals surface area contributed by atoms with Crippen LogP contribution in [-0.2, 0) is 17.6 Å². The van der Waals surface area contributed by atoms with E-state index in [-0.39, 0.29) is 5.60 Å². The number of rotatable bonds is 8. The number of methoxy groups -OCH3 is 1. The number of benzene rings is 1. The maximum Gasteiger partial charge on any atom is 0.0693 e. The summed E-state index contributed by atoms with van der Waals surface area (Å²) in [6.45, 7) is 5.42. The fraction of sp³-hybridized carbons (Fsp3) is 0.667. The van der Waals surface area contributed by atoms with Gasteiger partial charge in [-0.15, -0.1) is 0 Å². The molecule has 20 heavy (non-hydrogen) atoms. The lowest BCUT2D eigenvalue weighted by Crippen LogP contribution is -2.46. The van der Waals surface area contributed by atoms with Crippen LogP contribution in [0.25, 0.3) is 0 Å². The van der Waals surface area contributed by atoms with Crippen molar-refractivity contribution in [2.75, 3.05) is 13.7 Å². The first-order chi connectivity index (χ1) is 9.71. The van der Waals surface area contributed by atoms with Gasteiger partial charge in [0.05, 0.1) is 5.60 Å². The average molecular weight is 275 g/mol. The number of nitrogens with one attached hydrogen (secondary N) is 1. The number of hydrogen-bond acceptors (Lipinski definition) is 2. The molecule has 1 aromatic carbocycles. The van der Waals surface area contributed by atoms with E-state index < -0.39 is 0 Å². The van der Waals surface area contributed by atoms with Crippen molar-refractivity contribution >= 4 is 0 Å². The van der Waals surface area contributed by atoms with E-state index in [0.717, 1.165) is 25.8 Å². The highest BCUT2D eigenvalue weighted by molar-refractivity contribution is 5.23. The molecule has 0 heterocycles. The first-order valence-corrected chi connectivity index (χ1v) is 8.07. The van der Waals surface area contributed by atoms with Crippen LogP contribution >= 0.6 is 0 Å². The van der Waals surface area contributed by atoms with Crippen LogP contribution in [-0.4, -0.2) is 25.3 Å². The summed E-state index contributed by atoms with van der Waals surface area (Å²) in [4.78, 5) is 0. The van der Waals surface area contributed by atoms with E-state index in [1.54, 1.807) is 0 Å². The quantitative estimate of drug-likeness (QED) is 0.780. The normalized spacial score (nSPS) is 18.6. The average Bonchev–Trinajstić information content (AvgIpc) is 2.44. The molecule has 1 saturated carbocycles. The molecular formula is C18H29NO. The summed E-state index contributed by atoms with van der Waals surface area (Å²) in [6.07, 6.45) is 7.11. The van der Waals surface area contributed by atoms with E-state index in [0.29, 0.717) is 6.04 Å². The molecule has 0 bridgehead atoms. The summed E-state index contributed by atoms with van der Waals surface area (Å²) in [5.74, 6) is 0. The number of hydrogen-bond donors (Lipinski definition) is 1. The predicted octanol–water partition coefficient (Wildman–Crippen LogP) is 3.73. The molecule has 2 heteroatoms. The van der Waals surface area contributed by atoms with Crippen molar-refractivity contribution in [1.29, 1.82) is 0 Å². The van der Waals surface area contributed by atoms with Gasteiger partial charge in [0.2, 0.25) is 0 Å². The maximum atomic E-state index is 5.78. The highest BCUT2D eigenvalue weighted by Gasteiger charge is 2.38. The molecular weight excluding hydrogens is 246 g/mol. The summed E-state index contributed by atoms with van der Waals surface area (Å²) in [5, 5.41) is 3.64. The molecule has 1 atom stereocenters. The standard InChI is InChI=1S/C18H29NO/c1-4-15-7-9-16(10-8-15)13-17(19-5-2)14-18(20-3)11-6-12-18/h7-10,17,19H,4-6,11-14H2,1-3H3. The SMILES string of the molecule is CCNC(Cc1ccc(CC)cc1)CC1(OC)CCC1. The lowest BCUT2D eigenvalue weighted by Gasteiger charge is -2.43. The van der Waals surface area contributed by atoms with Crippen LogP contribution in [0.3, 0.4) is 0 Å². The zero-order valence-corrected chi connectivity index (χ0v) is 13.2. The summed E-state index contributed by atoms with van der Waals surface area (Å²) < 4.78 is 5.78. The van der Waals surface area contributed by atoms with Gasteiger partial charge in [0, 0.05) is 13.2 Å². The molecule has 1 aliphatic carbocycles. The second-order valence-electron chi connectivity index (χ2n) is 6.07. The van der Waals surface area contributed by atoms with Crippen molar-refractivity contribution in [3.05, 3.63) is 35.4 Å². The van der Waals surface area contributed by atoms with Gasteiger partial charge in [-0.3, -0.25) is 0 Å². The molecule has 0 saturated heterocycles. The van der Waals surface area contributed by atoms with E-state index >= 15 is 0 Å². The number of ether oxygens (including phenoxy) is 1. The van der Waals surface area contributed by atoms with Crippen LogP contribution in [0.4, 0.5) is 0 Å². The monoisotopic (exact) mass is 275 g/mol. The van der Waals surface area contributed by atoms with E-state index in [2.05, 4.69) is 43.4 Å². The van der Waals surface area contributed by atoms with Crippen LogP contribution in [0.15, 0.2) is 24.3 Å². The molecule has 1 aromatic rings. The first-order valence-electron chi connectivity index (χ1n) is 8.07. The third-order valence-electron chi connectivity index (χ3n) is 4.72. The Morgan fingerprint density at radius 3 is 2.25 bits per heavy atom. The van der Waals surface area contributed by atoms with Gasteiger partial charge >= 0.3 is 0 Å². The zero-order chi connectivity index (χ0) is 14.4. The smallest absolute Gasteiger partial charge is 0.0693 e. The summed E-state index contributed by atoms with van der Waals surface area (Å²) in [6, 6.07) is 9.60. The molecule has 0 spiro atoms. The Kier molecular flexibility index (Phi) is 5.62. The Hall–Kier alpha value is -0.860. The molecule has 2 nitrogen and oxygen atoms in total. The third kappa shape index (κ3) is 3.83. The highest BCUT2D eigenvalue weighted by Crippen LogP contribution is 2.39.